The van der Waals surface area contributed by atoms with Crippen LogP contribution < -0.4 is 9.64 Å². The number of allylic oxidation sites excluding steroid dienone is 1. The summed E-state index contributed by atoms with van der Waals surface area (Å²) in [5.74, 6) is -1.28. The number of nitrogens with zero attached hydrogens (tertiary/aromatic N) is 4. The first kappa shape index (κ1) is 21.7. The van der Waals surface area contributed by atoms with E-state index in [2.05, 4.69) is 14.8 Å². The third kappa shape index (κ3) is 5.32. The molecule has 0 radical (unpaired) electrons. The van der Waals surface area contributed by atoms with E-state index in [1.165, 1.54) is 23.2 Å². The summed E-state index contributed by atoms with van der Waals surface area (Å²) >= 11 is 0. The van der Waals surface area contributed by atoms with E-state index in [0.29, 0.717) is 11.4 Å². The highest BCUT2D eigenvalue weighted by Crippen LogP contribution is 2.29. The van der Waals surface area contributed by atoms with Crippen molar-refractivity contribution in [3.63, 3.8) is 0 Å². The van der Waals surface area contributed by atoms with Crippen LogP contribution in [-0.2, 0) is 11.8 Å². The molecule has 1 aromatic carbocycles. The van der Waals surface area contributed by atoms with Crippen LogP contribution in [0.4, 0.5) is 32.0 Å². The summed E-state index contributed by atoms with van der Waals surface area (Å²) < 4.78 is 87.8. The maximum absolute atomic E-state index is 14.6. The van der Waals surface area contributed by atoms with E-state index < -0.39 is 38.0 Å². The Kier molecular flexibility index (Phi) is 6.34. The molecule has 1 atom stereocenters. The molecule has 2 heterocycles. The van der Waals surface area contributed by atoms with Gasteiger partial charge in [0.05, 0.1) is 17.1 Å². The molecule has 0 spiro atoms. The molecule has 0 aliphatic carbocycles. The van der Waals surface area contributed by atoms with Crippen molar-refractivity contribution in [1.29, 1.82) is 0 Å². The third-order valence-electron chi connectivity index (χ3n) is 3.93. The summed E-state index contributed by atoms with van der Waals surface area (Å²) in [6.07, 6.45) is -4.28. The summed E-state index contributed by atoms with van der Waals surface area (Å²) in [5, 5.41) is 4.00. The van der Waals surface area contributed by atoms with Crippen molar-refractivity contribution in [2.45, 2.75) is 19.0 Å². The minimum Gasteiger partial charge on any atom is -0.484 e. The van der Waals surface area contributed by atoms with Crippen LogP contribution in [0, 0.1) is 5.82 Å². The maximum Gasteiger partial charge on any atom is 0.422 e. The van der Waals surface area contributed by atoms with E-state index in [1.54, 1.807) is 13.1 Å². The number of aromatic nitrogens is 2. The first-order valence-corrected chi connectivity index (χ1v) is 8.55. The van der Waals surface area contributed by atoms with Crippen LogP contribution in [0.5, 0.6) is 5.75 Å². The summed E-state index contributed by atoms with van der Waals surface area (Å²) in [6.45, 7) is -2.53. The molecule has 0 bridgehead atoms. The lowest BCUT2D eigenvalue weighted by atomic mass is 10.2. The average Bonchev–Trinajstić information content (AvgIpc) is 3.10. The summed E-state index contributed by atoms with van der Waals surface area (Å²) in [7, 11) is 1.66. The summed E-state index contributed by atoms with van der Waals surface area (Å²) in [5.41, 5.74) is 0.807. The molecule has 162 valence electrons. The molecule has 6 nitrogen and oxygen atoms in total. The minimum absolute atomic E-state index is 0.141. The van der Waals surface area contributed by atoms with Crippen molar-refractivity contribution in [3.8, 4) is 5.75 Å². The number of rotatable bonds is 7. The number of hydrogen-bond donors (Lipinski definition) is 0. The van der Waals surface area contributed by atoms with Gasteiger partial charge in [0.25, 0.3) is 6.43 Å². The van der Waals surface area contributed by atoms with Gasteiger partial charge in [-0.05, 0) is 24.3 Å². The van der Waals surface area contributed by atoms with E-state index in [-0.39, 0.29) is 11.4 Å². The number of halogens is 6. The lowest BCUT2D eigenvalue weighted by molar-refractivity contribution is -0.153. The van der Waals surface area contributed by atoms with Gasteiger partial charge >= 0.3 is 6.18 Å². The van der Waals surface area contributed by atoms with Gasteiger partial charge in [-0.1, -0.05) is 0 Å². The predicted octanol–water partition coefficient (Wildman–Crippen LogP) is 3.89. The smallest absolute Gasteiger partial charge is 0.422 e. The second-order valence-electron chi connectivity index (χ2n) is 6.15. The highest BCUT2D eigenvalue weighted by molar-refractivity contribution is 6.08. The standard InChI is InChI=1S/C18H16F6N4O2/c1-27-15(4-6-25-27)13-5-7-28(17(26-13)29-9-16(20)21)14-3-2-11(8-12(14)19)30-10-18(22,23)24/h2-8,16-17H,9-10H2,1H3. The number of alkyl halides is 5. The lowest BCUT2D eigenvalue weighted by Crippen LogP contribution is -2.37. The highest BCUT2D eigenvalue weighted by Gasteiger charge is 2.29. The lowest BCUT2D eigenvalue weighted by Gasteiger charge is -2.31. The van der Waals surface area contributed by atoms with Gasteiger partial charge in [0.2, 0.25) is 6.35 Å². The van der Waals surface area contributed by atoms with Gasteiger partial charge in [-0.15, -0.1) is 0 Å². The molecule has 0 amide bonds. The van der Waals surface area contributed by atoms with Crippen LogP contribution >= 0.6 is 0 Å². The summed E-state index contributed by atoms with van der Waals surface area (Å²) in [4.78, 5) is 5.38. The van der Waals surface area contributed by atoms with Crippen molar-refractivity contribution in [1.82, 2.24) is 9.78 Å². The van der Waals surface area contributed by atoms with Gasteiger partial charge in [0, 0.05) is 25.5 Å². The highest BCUT2D eigenvalue weighted by atomic mass is 19.4. The van der Waals surface area contributed by atoms with E-state index in [4.69, 9.17) is 4.74 Å². The maximum atomic E-state index is 14.6. The molecule has 0 saturated carbocycles. The zero-order valence-corrected chi connectivity index (χ0v) is 15.5. The topological polar surface area (TPSA) is 51.9 Å². The van der Waals surface area contributed by atoms with Gasteiger partial charge < -0.3 is 14.4 Å². The molecule has 0 N–H and O–H groups in total. The van der Waals surface area contributed by atoms with Gasteiger partial charge in [-0.25, -0.2) is 18.2 Å². The number of aryl methyl sites for hydroxylation is 1. The van der Waals surface area contributed by atoms with Crippen LogP contribution in [0.2, 0.25) is 0 Å². The SMILES string of the molecule is Cn1nccc1C1=NC(OCC(F)F)N(c2ccc(OCC(F)(F)F)cc2F)C=C1. The second kappa shape index (κ2) is 8.78. The first-order valence-electron chi connectivity index (χ1n) is 8.55. The van der Waals surface area contributed by atoms with E-state index >= 15 is 0 Å². The van der Waals surface area contributed by atoms with Crippen molar-refractivity contribution in [2.75, 3.05) is 18.1 Å². The largest absolute Gasteiger partial charge is 0.484 e. The van der Waals surface area contributed by atoms with Gasteiger partial charge in [0.15, 0.2) is 12.4 Å². The van der Waals surface area contributed by atoms with Crippen molar-refractivity contribution >= 4 is 11.4 Å². The van der Waals surface area contributed by atoms with Crippen molar-refractivity contribution in [2.24, 2.45) is 12.0 Å². The number of ether oxygens (including phenoxy) is 2. The molecule has 2 aromatic rings. The summed E-state index contributed by atoms with van der Waals surface area (Å²) in [6, 6.07) is 4.69. The second-order valence-corrected chi connectivity index (χ2v) is 6.15. The number of benzene rings is 1. The van der Waals surface area contributed by atoms with Crippen molar-refractivity contribution < 1.29 is 35.8 Å². The number of aliphatic imine (C=N–C) groups is 1. The average molecular weight is 434 g/mol. The molecule has 3 rings (SSSR count). The Labute approximate surface area is 167 Å². The zero-order chi connectivity index (χ0) is 21.9. The molecular formula is C18H16F6N4O2. The van der Waals surface area contributed by atoms with Gasteiger partial charge in [-0.2, -0.15) is 18.3 Å². The minimum atomic E-state index is -4.57. The Hall–Kier alpha value is -3.02. The van der Waals surface area contributed by atoms with Crippen molar-refractivity contribution in [3.05, 3.63) is 54.2 Å². The number of hydrogen-bond acceptors (Lipinski definition) is 5. The van der Waals surface area contributed by atoms with E-state index in [1.807, 2.05) is 0 Å². The number of anilines is 1. The Morgan fingerprint density at radius 3 is 2.57 bits per heavy atom. The van der Waals surface area contributed by atoms with Crippen LogP contribution in [0.1, 0.15) is 5.69 Å². The monoisotopic (exact) mass is 434 g/mol. The molecule has 1 aliphatic rings. The van der Waals surface area contributed by atoms with E-state index in [0.717, 1.165) is 23.1 Å². The van der Waals surface area contributed by atoms with Crippen LogP contribution in [0.15, 0.2) is 47.7 Å². The van der Waals surface area contributed by atoms with Crippen LogP contribution in [-0.4, -0.2) is 47.7 Å². The van der Waals surface area contributed by atoms with Crippen LogP contribution in [0.25, 0.3) is 0 Å². The van der Waals surface area contributed by atoms with Gasteiger partial charge in [-0.3, -0.25) is 4.68 Å². The zero-order valence-electron chi connectivity index (χ0n) is 15.5. The fourth-order valence-corrected chi connectivity index (χ4v) is 2.65. The fraction of sp³-hybridized carbons (Fsp3) is 0.333. The Morgan fingerprint density at radius 2 is 1.97 bits per heavy atom. The quantitative estimate of drug-likeness (QED) is 0.621. The molecule has 1 aromatic heterocycles. The van der Waals surface area contributed by atoms with Crippen LogP contribution in [0.3, 0.4) is 0 Å². The molecule has 30 heavy (non-hydrogen) atoms. The Balaban J connectivity index is 1.85. The molecule has 1 aliphatic heterocycles. The predicted molar refractivity (Wildman–Crippen MR) is 95.1 cm³/mol. The Morgan fingerprint density at radius 1 is 1.20 bits per heavy atom. The molecule has 12 heteroatoms. The molecule has 1 unspecified atom stereocenters. The van der Waals surface area contributed by atoms with Gasteiger partial charge in [0.1, 0.15) is 12.4 Å². The molecule has 0 saturated heterocycles. The molecule has 0 fully saturated rings. The third-order valence-corrected chi connectivity index (χ3v) is 3.93. The molecular weight excluding hydrogens is 418 g/mol. The van der Waals surface area contributed by atoms with E-state index in [9.17, 15) is 26.3 Å². The Bertz CT molecular complexity index is 941. The first-order chi connectivity index (χ1) is 14.1. The fourth-order valence-electron chi connectivity index (χ4n) is 2.65. The normalized spacial score (nSPS) is 16.9.